The zero-order valence-electron chi connectivity index (χ0n) is 14.2. The zero-order chi connectivity index (χ0) is 20.1. The topological polar surface area (TPSA) is 113 Å². The van der Waals surface area contributed by atoms with E-state index < -0.39 is 21.0 Å². The van der Waals surface area contributed by atoms with Gasteiger partial charge in [0.15, 0.2) is 0 Å². The average molecular weight is 399 g/mol. The molecule has 0 saturated heterocycles. The Labute approximate surface area is 160 Å². The molecule has 0 saturated carbocycles. The Bertz CT molecular complexity index is 1110. The van der Waals surface area contributed by atoms with Gasteiger partial charge in [0, 0.05) is 12.1 Å². The van der Waals surface area contributed by atoms with Crippen LogP contribution in [0.4, 0.5) is 5.69 Å². The van der Waals surface area contributed by atoms with Crippen LogP contribution in [0.3, 0.4) is 0 Å². The SMILES string of the molecule is O=C(Oc1ccccc1)c1ccc(OS(=O)(=O)c2cccc([N+](=O)[O-])c2)cc1. The van der Waals surface area contributed by atoms with Gasteiger partial charge in [0.2, 0.25) is 0 Å². The first-order chi connectivity index (χ1) is 13.3. The van der Waals surface area contributed by atoms with E-state index in [1.165, 1.54) is 42.5 Å². The predicted molar refractivity (Wildman–Crippen MR) is 98.8 cm³/mol. The number of nitro benzene ring substituents is 1. The van der Waals surface area contributed by atoms with E-state index >= 15 is 0 Å². The number of nitrogens with zero attached hydrogens (tertiary/aromatic N) is 1. The van der Waals surface area contributed by atoms with Crippen molar-refractivity contribution in [2.24, 2.45) is 0 Å². The highest BCUT2D eigenvalue weighted by molar-refractivity contribution is 7.87. The van der Waals surface area contributed by atoms with E-state index in [1.807, 2.05) is 0 Å². The summed E-state index contributed by atoms with van der Waals surface area (Å²) in [5.74, 6) is -0.289. The van der Waals surface area contributed by atoms with Gasteiger partial charge in [-0.05, 0) is 42.5 Å². The third-order valence-corrected chi connectivity index (χ3v) is 4.81. The van der Waals surface area contributed by atoms with Crippen LogP contribution >= 0.6 is 0 Å². The van der Waals surface area contributed by atoms with E-state index in [2.05, 4.69) is 0 Å². The van der Waals surface area contributed by atoms with E-state index in [-0.39, 0.29) is 21.9 Å². The first-order valence-electron chi connectivity index (χ1n) is 7.91. The first kappa shape index (κ1) is 19.1. The van der Waals surface area contributed by atoms with Gasteiger partial charge in [-0.3, -0.25) is 10.1 Å². The van der Waals surface area contributed by atoms with Crippen molar-refractivity contribution >= 4 is 21.8 Å². The molecule has 0 aliphatic heterocycles. The lowest BCUT2D eigenvalue weighted by Crippen LogP contribution is -2.11. The Balaban J connectivity index is 1.74. The molecular formula is C19H13NO7S. The number of hydrogen-bond acceptors (Lipinski definition) is 7. The summed E-state index contributed by atoms with van der Waals surface area (Å²) in [6, 6.07) is 18.3. The second kappa shape index (κ2) is 7.89. The number of carbonyl (C=O) groups excluding carboxylic acids is 1. The number of esters is 1. The van der Waals surface area contributed by atoms with E-state index in [4.69, 9.17) is 8.92 Å². The molecule has 0 aliphatic rings. The molecule has 9 heteroatoms. The summed E-state index contributed by atoms with van der Waals surface area (Å²) in [5.41, 5.74) is -0.173. The summed E-state index contributed by atoms with van der Waals surface area (Å²) < 4.78 is 34.8. The van der Waals surface area contributed by atoms with Crippen LogP contribution in [0.25, 0.3) is 0 Å². The minimum absolute atomic E-state index is 0.0530. The number of non-ortho nitro benzene ring substituents is 1. The van der Waals surface area contributed by atoms with Crippen LogP contribution in [-0.2, 0) is 10.1 Å². The normalized spacial score (nSPS) is 10.9. The fraction of sp³-hybridized carbons (Fsp3) is 0. The predicted octanol–water partition coefficient (Wildman–Crippen LogP) is 3.58. The molecule has 0 amide bonds. The largest absolute Gasteiger partial charge is 0.423 e. The molecule has 8 nitrogen and oxygen atoms in total. The van der Waals surface area contributed by atoms with Crippen molar-refractivity contribution < 1.29 is 27.1 Å². The van der Waals surface area contributed by atoms with Crippen molar-refractivity contribution in [3.8, 4) is 11.5 Å². The van der Waals surface area contributed by atoms with E-state index in [0.717, 1.165) is 6.07 Å². The number of nitro groups is 1. The van der Waals surface area contributed by atoms with Gasteiger partial charge in [0.25, 0.3) is 5.69 Å². The molecule has 0 bridgehead atoms. The highest BCUT2D eigenvalue weighted by Crippen LogP contribution is 2.23. The van der Waals surface area contributed by atoms with Crippen molar-refractivity contribution in [1.29, 1.82) is 0 Å². The molecule has 0 fully saturated rings. The molecule has 0 radical (unpaired) electrons. The lowest BCUT2D eigenvalue weighted by Gasteiger charge is -2.08. The summed E-state index contributed by atoms with van der Waals surface area (Å²) in [5, 5.41) is 10.8. The van der Waals surface area contributed by atoms with Gasteiger partial charge < -0.3 is 8.92 Å². The highest BCUT2D eigenvalue weighted by atomic mass is 32.2. The second-order valence-corrected chi connectivity index (χ2v) is 7.07. The fourth-order valence-electron chi connectivity index (χ4n) is 2.23. The summed E-state index contributed by atoms with van der Waals surface area (Å²) in [7, 11) is -4.27. The number of ether oxygens (including phenoxy) is 1. The maximum atomic E-state index is 12.3. The molecule has 0 N–H and O–H groups in total. The molecule has 142 valence electrons. The summed E-state index contributed by atoms with van der Waals surface area (Å²) in [4.78, 5) is 21.8. The number of hydrogen-bond donors (Lipinski definition) is 0. The standard InChI is InChI=1S/C19H13NO7S/c21-19(26-16-6-2-1-3-7-16)14-9-11-17(12-10-14)27-28(24,25)18-8-4-5-15(13-18)20(22)23/h1-13H. The van der Waals surface area contributed by atoms with Gasteiger partial charge in [0.1, 0.15) is 16.4 Å². The molecule has 0 aromatic heterocycles. The smallest absolute Gasteiger partial charge is 0.343 e. The third kappa shape index (κ3) is 4.51. The Hall–Kier alpha value is -3.72. The van der Waals surface area contributed by atoms with Gasteiger partial charge in [-0.2, -0.15) is 8.42 Å². The monoisotopic (exact) mass is 399 g/mol. The molecule has 0 spiro atoms. The number of para-hydroxylation sites is 1. The first-order valence-corrected chi connectivity index (χ1v) is 9.32. The summed E-state index contributed by atoms with van der Waals surface area (Å²) >= 11 is 0. The minimum atomic E-state index is -4.27. The van der Waals surface area contributed by atoms with Crippen molar-refractivity contribution in [3.05, 3.63) is 94.5 Å². The lowest BCUT2D eigenvalue weighted by atomic mass is 10.2. The van der Waals surface area contributed by atoms with Crippen molar-refractivity contribution in [2.75, 3.05) is 0 Å². The van der Waals surface area contributed by atoms with Gasteiger partial charge in [-0.15, -0.1) is 0 Å². The summed E-state index contributed by atoms with van der Waals surface area (Å²) in [6.45, 7) is 0. The molecule has 3 rings (SSSR count). The Kier molecular flexibility index (Phi) is 5.37. The van der Waals surface area contributed by atoms with Crippen LogP contribution in [0.15, 0.2) is 83.8 Å². The van der Waals surface area contributed by atoms with Crippen LogP contribution < -0.4 is 8.92 Å². The van der Waals surface area contributed by atoms with Crippen LogP contribution in [0.5, 0.6) is 11.5 Å². The van der Waals surface area contributed by atoms with Gasteiger partial charge in [-0.25, -0.2) is 4.79 Å². The minimum Gasteiger partial charge on any atom is -0.423 e. The average Bonchev–Trinajstić information content (AvgIpc) is 2.69. The number of benzene rings is 3. The van der Waals surface area contributed by atoms with Gasteiger partial charge >= 0.3 is 16.1 Å². The number of carbonyl (C=O) groups is 1. The van der Waals surface area contributed by atoms with Crippen molar-refractivity contribution in [2.45, 2.75) is 4.90 Å². The molecular weight excluding hydrogens is 386 g/mol. The van der Waals surface area contributed by atoms with E-state index in [1.54, 1.807) is 30.3 Å². The fourth-order valence-corrected chi connectivity index (χ4v) is 3.20. The second-order valence-electron chi connectivity index (χ2n) is 5.52. The maximum Gasteiger partial charge on any atom is 0.343 e. The van der Waals surface area contributed by atoms with Crippen LogP contribution in [0.2, 0.25) is 0 Å². The van der Waals surface area contributed by atoms with Crippen molar-refractivity contribution in [3.63, 3.8) is 0 Å². The van der Waals surface area contributed by atoms with Crippen molar-refractivity contribution in [1.82, 2.24) is 0 Å². The zero-order valence-corrected chi connectivity index (χ0v) is 15.0. The van der Waals surface area contributed by atoms with Gasteiger partial charge in [-0.1, -0.05) is 24.3 Å². The Morgan fingerprint density at radius 3 is 2.18 bits per heavy atom. The Morgan fingerprint density at radius 1 is 0.857 bits per heavy atom. The number of rotatable bonds is 6. The van der Waals surface area contributed by atoms with E-state index in [0.29, 0.717) is 5.75 Å². The Morgan fingerprint density at radius 2 is 1.54 bits per heavy atom. The molecule has 0 heterocycles. The van der Waals surface area contributed by atoms with Crippen LogP contribution in [0.1, 0.15) is 10.4 Å². The summed E-state index contributed by atoms with van der Waals surface area (Å²) in [6.07, 6.45) is 0. The molecule has 3 aromatic carbocycles. The van der Waals surface area contributed by atoms with E-state index in [9.17, 15) is 23.3 Å². The third-order valence-electron chi connectivity index (χ3n) is 3.57. The van der Waals surface area contributed by atoms with Crippen LogP contribution in [0, 0.1) is 10.1 Å². The van der Waals surface area contributed by atoms with Crippen LogP contribution in [-0.4, -0.2) is 19.3 Å². The maximum absolute atomic E-state index is 12.3. The lowest BCUT2D eigenvalue weighted by molar-refractivity contribution is -0.385. The molecule has 0 atom stereocenters. The molecule has 0 aliphatic carbocycles. The molecule has 3 aromatic rings. The van der Waals surface area contributed by atoms with Gasteiger partial charge in [0.05, 0.1) is 10.5 Å². The molecule has 0 unspecified atom stereocenters. The molecule has 28 heavy (non-hydrogen) atoms. The highest BCUT2D eigenvalue weighted by Gasteiger charge is 2.20. The quantitative estimate of drug-likeness (QED) is 0.205.